The van der Waals surface area contributed by atoms with Crippen LogP contribution in [0.4, 0.5) is 0 Å². The highest BCUT2D eigenvalue weighted by Crippen LogP contribution is 2.12. The first-order valence-corrected chi connectivity index (χ1v) is 6.06. The Morgan fingerprint density at radius 3 is 2.40 bits per heavy atom. The highest BCUT2D eigenvalue weighted by atomic mass is 16.5. The molecule has 0 fully saturated rings. The third-order valence-electron chi connectivity index (χ3n) is 2.50. The summed E-state index contributed by atoms with van der Waals surface area (Å²) < 4.78 is 10.9. The fraction of sp³-hybridized carbons (Fsp3) is 0.143. The smallest absolute Gasteiger partial charge is 0.265 e. The lowest BCUT2D eigenvalue weighted by Crippen LogP contribution is -2.29. The number of nitrogens with two attached hydrogens (primary N) is 1. The van der Waals surface area contributed by atoms with Gasteiger partial charge >= 0.3 is 0 Å². The molecular weight excluding hydrogens is 258 g/mol. The Morgan fingerprint density at radius 1 is 1.10 bits per heavy atom. The molecule has 1 amide bonds. The van der Waals surface area contributed by atoms with Gasteiger partial charge in [-0.15, -0.1) is 0 Å². The van der Waals surface area contributed by atoms with Gasteiger partial charge in [0, 0.05) is 11.8 Å². The molecule has 0 bridgehead atoms. The van der Waals surface area contributed by atoms with Gasteiger partial charge in [0.15, 0.2) is 0 Å². The summed E-state index contributed by atoms with van der Waals surface area (Å²) in [4.78, 5) is 15.2. The number of hydrazine groups is 1. The number of carbonyl (C=O) groups is 1. The molecule has 0 saturated heterocycles. The lowest BCUT2D eigenvalue weighted by Gasteiger charge is -2.08. The summed E-state index contributed by atoms with van der Waals surface area (Å²) in [7, 11) is 0. The van der Waals surface area contributed by atoms with Crippen LogP contribution in [0.25, 0.3) is 0 Å². The van der Waals surface area contributed by atoms with Crippen molar-refractivity contribution in [2.75, 3.05) is 13.2 Å². The van der Waals surface area contributed by atoms with Gasteiger partial charge in [-0.25, -0.2) is 5.84 Å². The zero-order chi connectivity index (χ0) is 14.2. The van der Waals surface area contributed by atoms with Gasteiger partial charge in [0.25, 0.3) is 5.91 Å². The molecule has 1 aromatic carbocycles. The topological polar surface area (TPSA) is 86.5 Å². The first-order valence-electron chi connectivity index (χ1n) is 6.06. The minimum atomic E-state index is -0.337. The highest BCUT2D eigenvalue weighted by molar-refractivity contribution is 5.93. The Balaban J connectivity index is 1.75. The zero-order valence-electron chi connectivity index (χ0n) is 10.8. The van der Waals surface area contributed by atoms with Crippen LogP contribution in [0.15, 0.2) is 48.8 Å². The molecule has 0 saturated carbocycles. The second-order valence-electron chi connectivity index (χ2n) is 3.88. The third kappa shape index (κ3) is 3.96. The van der Waals surface area contributed by atoms with E-state index in [-0.39, 0.29) is 5.91 Å². The molecule has 0 aliphatic heterocycles. The largest absolute Gasteiger partial charge is 0.490 e. The number of nitrogens with one attached hydrogen (secondary N) is 1. The van der Waals surface area contributed by atoms with Gasteiger partial charge in [-0.3, -0.25) is 15.2 Å². The van der Waals surface area contributed by atoms with Crippen LogP contribution in [-0.2, 0) is 0 Å². The van der Waals surface area contributed by atoms with E-state index in [9.17, 15) is 4.79 Å². The summed E-state index contributed by atoms with van der Waals surface area (Å²) in [5.41, 5.74) is 2.54. The van der Waals surface area contributed by atoms with Crippen molar-refractivity contribution in [2.45, 2.75) is 0 Å². The van der Waals surface area contributed by atoms with Crippen molar-refractivity contribution in [2.24, 2.45) is 5.84 Å². The Morgan fingerprint density at radius 2 is 1.80 bits per heavy atom. The van der Waals surface area contributed by atoms with Crippen molar-refractivity contribution < 1.29 is 14.3 Å². The molecule has 2 aromatic rings. The van der Waals surface area contributed by atoms with Gasteiger partial charge < -0.3 is 9.47 Å². The Labute approximate surface area is 116 Å². The first kappa shape index (κ1) is 13.8. The molecule has 6 nitrogen and oxygen atoms in total. The summed E-state index contributed by atoms with van der Waals surface area (Å²) in [5.74, 6) is 6.07. The molecule has 0 unspecified atom stereocenters. The van der Waals surface area contributed by atoms with Crippen LogP contribution >= 0.6 is 0 Å². The molecule has 2 rings (SSSR count). The van der Waals surface area contributed by atoms with Crippen LogP contribution in [-0.4, -0.2) is 24.1 Å². The molecule has 3 N–H and O–H groups in total. The molecule has 20 heavy (non-hydrogen) atoms. The summed E-state index contributed by atoms with van der Waals surface area (Å²) in [6.07, 6.45) is 3.32. The first-order chi connectivity index (χ1) is 9.79. The number of nitrogens with zero attached hydrogens (tertiary/aromatic N) is 1. The minimum Gasteiger partial charge on any atom is -0.490 e. The quantitative estimate of drug-likeness (QED) is 0.357. The number of aromatic nitrogens is 1. The lowest BCUT2D eigenvalue weighted by atomic mass is 10.2. The second kappa shape index (κ2) is 7.10. The molecule has 0 atom stereocenters. The molecule has 0 aliphatic rings. The van der Waals surface area contributed by atoms with E-state index in [1.54, 1.807) is 42.7 Å². The van der Waals surface area contributed by atoms with E-state index in [1.165, 1.54) is 0 Å². The van der Waals surface area contributed by atoms with Crippen molar-refractivity contribution in [1.82, 2.24) is 10.4 Å². The monoisotopic (exact) mass is 273 g/mol. The molecule has 0 spiro atoms. The van der Waals surface area contributed by atoms with Gasteiger partial charge in [-0.1, -0.05) is 0 Å². The fourth-order valence-corrected chi connectivity index (χ4v) is 1.54. The van der Waals surface area contributed by atoms with Crippen molar-refractivity contribution >= 4 is 5.91 Å². The predicted octanol–water partition coefficient (Wildman–Crippen LogP) is 1.14. The lowest BCUT2D eigenvalue weighted by molar-refractivity contribution is 0.0953. The maximum absolute atomic E-state index is 11.2. The average molecular weight is 273 g/mol. The minimum absolute atomic E-state index is 0.337. The van der Waals surface area contributed by atoms with Crippen LogP contribution in [0.2, 0.25) is 0 Å². The van der Waals surface area contributed by atoms with Crippen molar-refractivity contribution in [3.8, 4) is 11.5 Å². The van der Waals surface area contributed by atoms with E-state index in [0.717, 1.165) is 0 Å². The number of nitrogen functional groups attached to an aromatic ring is 1. The molecular formula is C14H15N3O3. The van der Waals surface area contributed by atoms with Crippen molar-refractivity contribution in [1.29, 1.82) is 0 Å². The molecule has 104 valence electrons. The maximum atomic E-state index is 11.2. The van der Waals surface area contributed by atoms with Gasteiger partial charge in [0.2, 0.25) is 0 Å². The maximum Gasteiger partial charge on any atom is 0.265 e. The second-order valence-corrected chi connectivity index (χ2v) is 3.88. The standard InChI is InChI=1S/C14H15N3O3/c15-17-14(18)11-3-5-12(6-4-11)19-8-9-20-13-2-1-7-16-10-13/h1-7,10H,8-9,15H2,(H,17,18). The molecule has 6 heteroatoms. The van der Waals surface area contributed by atoms with E-state index in [4.69, 9.17) is 15.3 Å². The molecule has 0 aliphatic carbocycles. The summed E-state index contributed by atoms with van der Waals surface area (Å²) in [6.45, 7) is 0.814. The summed E-state index contributed by atoms with van der Waals surface area (Å²) >= 11 is 0. The van der Waals surface area contributed by atoms with Crippen LogP contribution in [0, 0.1) is 0 Å². The highest BCUT2D eigenvalue weighted by Gasteiger charge is 2.02. The number of hydrogen-bond acceptors (Lipinski definition) is 5. The zero-order valence-corrected chi connectivity index (χ0v) is 10.8. The molecule has 0 radical (unpaired) electrons. The van der Waals surface area contributed by atoms with Crippen LogP contribution in [0.3, 0.4) is 0 Å². The van der Waals surface area contributed by atoms with Crippen LogP contribution in [0.1, 0.15) is 10.4 Å². The molecule has 1 aromatic heterocycles. The van der Waals surface area contributed by atoms with Gasteiger partial charge in [0.1, 0.15) is 24.7 Å². The predicted molar refractivity (Wildman–Crippen MR) is 73.3 cm³/mol. The van der Waals surface area contributed by atoms with E-state index >= 15 is 0 Å². The number of ether oxygens (including phenoxy) is 2. The van der Waals surface area contributed by atoms with E-state index in [0.29, 0.717) is 30.3 Å². The number of hydrogen-bond donors (Lipinski definition) is 2. The number of amides is 1. The van der Waals surface area contributed by atoms with Crippen molar-refractivity contribution in [3.05, 3.63) is 54.4 Å². The van der Waals surface area contributed by atoms with E-state index in [2.05, 4.69) is 10.4 Å². The summed E-state index contributed by atoms with van der Waals surface area (Å²) in [6, 6.07) is 10.3. The normalized spacial score (nSPS) is 9.85. The number of pyridine rings is 1. The van der Waals surface area contributed by atoms with Crippen molar-refractivity contribution in [3.63, 3.8) is 0 Å². The molecule has 1 heterocycles. The van der Waals surface area contributed by atoms with Crippen LogP contribution < -0.4 is 20.7 Å². The SMILES string of the molecule is NNC(=O)c1ccc(OCCOc2cccnc2)cc1. The Bertz CT molecular complexity index is 543. The number of benzene rings is 1. The summed E-state index contributed by atoms with van der Waals surface area (Å²) in [5, 5.41) is 0. The van der Waals surface area contributed by atoms with E-state index < -0.39 is 0 Å². The average Bonchev–Trinajstić information content (AvgIpc) is 2.52. The Kier molecular flexibility index (Phi) is 4.91. The van der Waals surface area contributed by atoms with Crippen LogP contribution in [0.5, 0.6) is 11.5 Å². The number of rotatable bonds is 6. The fourth-order valence-electron chi connectivity index (χ4n) is 1.54. The Hall–Kier alpha value is -2.60. The third-order valence-corrected chi connectivity index (χ3v) is 2.50. The van der Waals surface area contributed by atoms with E-state index in [1.807, 2.05) is 6.07 Å². The van der Waals surface area contributed by atoms with Gasteiger partial charge in [0.05, 0.1) is 6.20 Å². The number of carbonyl (C=O) groups excluding carboxylic acids is 1. The van der Waals surface area contributed by atoms with Gasteiger partial charge in [-0.05, 0) is 36.4 Å². The van der Waals surface area contributed by atoms with Gasteiger partial charge in [-0.2, -0.15) is 0 Å².